The molecule has 7 nitrogen and oxygen atoms in total. The number of hydrogen-bond acceptors (Lipinski definition) is 5. The van der Waals surface area contributed by atoms with Crippen LogP contribution in [-0.2, 0) is 20.9 Å². The van der Waals surface area contributed by atoms with Crippen LogP contribution in [0.1, 0.15) is 30.5 Å². The molecule has 3 rings (SSSR count). The standard InChI is InChI=1S/C29H34N2O5/c1-3-35-20-10-19-30-29(33)28(24-11-6-4-7-12-24)31(21-23-15-17-25(34-2)18-16-23)27(32)22-36-26-13-8-5-9-14-26/h4-9,11-18,28H,3,10,19-22H2,1-2H3,(H,30,33). The van der Waals surface area contributed by atoms with Gasteiger partial charge in [0.1, 0.15) is 17.5 Å². The number of carbonyl (C=O) groups is 2. The zero-order valence-corrected chi connectivity index (χ0v) is 20.9. The fourth-order valence-corrected chi connectivity index (χ4v) is 3.73. The van der Waals surface area contributed by atoms with Crippen LogP contribution in [0.15, 0.2) is 84.9 Å². The summed E-state index contributed by atoms with van der Waals surface area (Å²) in [4.78, 5) is 28.6. The Bertz CT molecular complexity index is 1060. The summed E-state index contributed by atoms with van der Waals surface area (Å²) in [6, 6.07) is 25.1. The smallest absolute Gasteiger partial charge is 0.261 e. The predicted molar refractivity (Wildman–Crippen MR) is 139 cm³/mol. The molecule has 0 aliphatic heterocycles. The Balaban J connectivity index is 1.86. The van der Waals surface area contributed by atoms with Gasteiger partial charge in [-0.25, -0.2) is 0 Å². The molecule has 2 amide bonds. The molecule has 0 spiro atoms. The van der Waals surface area contributed by atoms with Crippen molar-refractivity contribution in [3.63, 3.8) is 0 Å². The highest BCUT2D eigenvalue weighted by molar-refractivity contribution is 5.89. The molecule has 190 valence electrons. The first-order chi connectivity index (χ1) is 17.6. The van der Waals surface area contributed by atoms with Crippen LogP contribution in [0.25, 0.3) is 0 Å². The van der Waals surface area contributed by atoms with Crippen molar-refractivity contribution in [2.75, 3.05) is 33.5 Å². The molecule has 3 aromatic carbocycles. The Hall–Kier alpha value is -3.84. The molecule has 0 fully saturated rings. The minimum Gasteiger partial charge on any atom is -0.497 e. The fourth-order valence-electron chi connectivity index (χ4n) is 3.73. The average Bonchev–Trinajstić information content (AvgIpc) is 2.93. The van der Waals surface area contributed by atoms with Crippen LogP contribution < -0.4 is 14.8 Å². The second kappa shape index (κ2) is 14.5. The number of methoxy groups -OCH3 is 1. The van der Waals surface area contributed by atoms with Crippen molar-refractivity contribution in [1.82, 2.24) is 10.2 Å². The summed E-state index contributed by atoms with van der Waals surface area (Å²) in [5.74, 6) is 0.759. The van der Waals surface area contributed by atoms with Gasteiger partial charge >= 0.3 is 0 Å². The van der Waals surface area contributed by atoms with E-state index in [2.05, 4.69) is 5.32 Å². The van der Waals surface area contributed by atoms with Crippen LogP contribution in [0, 0.1) is 0 Å². The van der Waals surface area contributed by atoms with Crippen molar-refractivity contribution >= 4 is 11.8 Å². The molecule has 0 aliphatic rings. The van der Waals surface area contributed by atoms with Crippen LogP contribution in [-0.4, -0.2) is 50.2 Å². The highest BCUT2D eigenvalue weighted by Crippen LogP contribution is 2.25. The van der Waals surface area contributed by atoms with E-state index in [1.165, 1.54) is 0 Å². The average molecular weight is 491 g/mol. The van der Waals surface area contributed by atoms with Crippen molar-refractivity contribution in [2.45, 2.75) is 25.9 Å². The minimum atomic E-state index is -0.827. The van der Waals surface area contributed by atoms with E-state index < -0.39 is 6.04 Å². The summed E-state index contributed by atoms with van der Waals surface area (Å²) >= 11 is 0. The number of amides is 2. The number of para-hydroxylation sites is 1. The summed E-state index contributed by atoms with van der Waals surface area (Å²) < 4.78 is 16.4. The van der Waals surface area contributed by atoms with Crippen molar-refractivity contribution in [3.05, 3.63) is 96.1 Å². The van der Waals surface area contributed by atoms with E-state index >= 15 is 0 Å². The molecule has 36 heavy (non-hydrogen) atoms. The molecule has 0 aromatic heterocycles. The molecule has 1 atom stereocenters. The minimum absolute atomic E-state index is 0.193. The Morgan fingerprint density at radius 2 is 1.56 bits per heavy atom. The first kappa shape index (κ1) is 26.8. The van der Waals surface area contributed by atoms with Gasteiger partial charge in [-0.3, -0.25) is 9.59 Å². The third kappa shape index (κ3) is 8.13. The van der Waals surface area contributed by atoms with E-state index in [0.717, 1.165) is 16.9 Å². The fraction of sp³-hybridized carbons (Fsp3) is 0.310. The molecule has 3 aromatic rings. The lowest BCUT2D eigenvalue weighted by molar-refractivity contribution is -0.143. The quantitative estimate of drug-likeness (QED) is 0.339. The zero-order chi connectivity index (χ0) is 25.6. The zero-order valence-electron chi connectivity index (χ0n) is 20.9. The largest absolute Gasteiger partial charge is 0.497 e. The van der Waals surface area contributed by atoms with Crippen LogP contribution in [0.4, 0.5) is 0 Å². The van der Waals surface area contributed by atoms with Crippen molar-refractivity contribution in [3.8, 4) is 11.5 Å². The summed E-state index contributed by atoms with van der Waals surface area (Å²) in [7, 11) is 1.60. The Kier molecular flexibility index (Phi) is 10.8. The van der Waals surface area contributed by atoms with Crippen molar-refractivity contribution in [1.29, 1.82) is 0 Å². The van der Waals surface area contributed by atoms with Gasteiger partial charge in [0, 0.05) is 26.3 Å². The van der Waals surface area contributed by atoms with Gasteiger partial charge in [-0.15, -0.1) is 0 Å². The molecule has 0 bridgehead atoms. The number of nitrogens with zero attached hydrogens (tertiary/aromatic N) is 1. The van der Waals surface area contributed by atoms with Crippen LogP contribution in [0.2, 0.25) is 0 Å². The van der Waals surface area contributed by atoms with Gasteiger partial charge < -0.3 is 24.4 Å². The van der Waals surface area contributed by atoms with E-state index in [1.54, 1.807) is 24.1 Å². The lowest BCUT2D eigenvalue weighted by Crippen LogP contribution is -2.45. The summed E-state index contributed by atoms with van der Waals surface area (Å²) in [5.41, 5.74) is 1.59. The molecular formula is C29H34N2O5. The maximum Gasteiger partial charge on any atom is 0.261 e. The van der Waals surface area contributed by atoms with Gasteiger partial charge in [-0.05, 0) is 48.7 Å². The third-order valence-electron chi connectivity index (χ3n) is 5.58. The molecule has 0 radical (unpaired) electrons. The van der Waals surface area contributed by atoms with Crippen LogP contribution >= 0.6 is 0 Å². The third-order valence-corrected chi connectivity index (χ3v) is 5.58. The van der Waals surface area contributed by atoms with E-state index in [9.17, 15) is 9.59 Å². The second-order valence-corrected chi connectivity index (χ2v) is 8.13. The molecule has 1 unspecified atom stereocenters. The first-order valence-electron chi connectivity index (χ1n) is 12.1. The Morgan fingerprint density at radius 3 is 2.19 bits per heavy atom. The highest BCUT2D eigenvalue weighted by atomic mass is 16.5. The number of nitrogens with one attached hydrogen (secondary N) is 1. The van der Waals surface area contributed by atoms with Gasteiger partial charge in [-0.2, -0.15) is 0 Å². The summed E-state index contributed by atoms with van der Waals surface area (Å²) in [6.07, 6.45) is 0.685. The van der Waals surface area contributed by atoms with Gasteiger partial charge in [0.15, 0.2) is 6.61 Å². The second-order valence-electron chi connectivity index (χ2n) is 8.13. The van der Waals surface area contributed by atoms with Gasteiger partial charge in [0.2, 0.25) is 5.91 Å². The maximum absolute atomic E-state index is 13.6. The lowest BCUT2D eigenvalue weighted by Gasteiger charge is -2.31. The molecule has 0 heterocycles. The molecule has 0 aliphatic carbocycles. The number of carbonyl (C=O) groups excluding carboxylic acids is 2. The first-order valence-corrected chi connectivity index (χ1v) is 12.1. The normalized spacial score (nSPS) is 11.4. The number of hydrogen-bond donors (Lipinski definition) is 1. The number of benzene rings is 3. The van der Waals surface area contributed by atoms with Crippen molar-refractivity contribution in [2.24, 2.45) is 0 Å². The lowest BCUT2D eigenvalue weighted by atomic mass is 10.0. The monoisotopic (exact) mass is 490 g/mol. The number of rotatable bonds is 14. The predicted octanol–water partition coefficient (Wildman–Crippen LogP) is 4.39. The van der Waals surface area contributed by atoms with E-state index in [-0.39, 0.29) is 25.0 Å². The topological polar surface area (TPSA) is 77.1 Å². The van der Waals surface area contributed by atoms with Gasteiger partial charge in [0.25, 0.3) is 5.91 Å². The van der Waals surface area contributed by atoms with Crippen LogP contribution in [0.5, 0.6) is 11.5 Å². The molecule has 7 heteroatoms. The molecular weight excluding hydrogens is 456 g/mol. The Labute approximate surface area is 213 Å². The Morgan fingerprint density at radius 1 is 0.889 bits per heavy atom. The van der Waals surface area contributed by atoms with Gasteiger partial charge in [0.05, 0.1) is 7.11 Å². The van der Waals surface area contributed by atoms with E-state index in [1.807, 2.05) is 79.7 Å². The van der Waals surface area contributed by atoms with Crippen LogP contribution in [0.3, 0.4) is 0 Å². The van der Waals surface area contributed by atoms with Gasteiger partial charge in [-0.1, -0.05) is 60.7 Å². The van der Waals surface area contributed by atoms with E-state index in [0.29, 0.717) is 31.9 Å². The molecule has 0 saturated heterocycles. The maximum atomic E-state index is 13.6. The number of ether oxygens (including phenoxy) is 3. The molecule has 0 saturated carbocycles. The van der Waals surface area contributed by atoms with E-state index in [4.69, 9.17) is 14.2 Å². The SMILES string of the molecule is CCOCCCNC(=O)C(c1ccccc1)N(Cc1ccc(OC)cc1)C(=O)COc1ccccc1. The summed E-state index contributed by atoms with van der Waals surface area (Å²) in [5, 5.41) is 2.98. The summed E-state index contributed by atoms with van der Waals surface area (Å²) in [6.45, 7) is 3.61. The van der Waals surface area contributed by atoms with Crippen molar-refractivity contribution < 1.29 is 23.8 Å². The highest BCUT2D eigenvalue weighted by Gasteiger charge is 2.31. The molecule has 1 N–H and O–H groups in total.